The van der Waals surface area contributed by atoms with Crippen LogP contribution in [0.2, 0.25) is 0 Å². The summed E-state index contributed by atoms with van der Waals surface area (Å²) in [5.41, 5.74) is 6.25. The molecule has 0 N–H and O–H groups in total. The lowest BCUT2D eigenvalue weighted by atomic mass is 9.47. The lowest BCUT2D eigenvalue weighted by Crippen LogP contribution is -2.50. The van der Waals surface area contributed by atoms with Gasteiger partial charge in [-0.25, -0.2) is 0 Å². The van der Waals surface area contributed by atoms with Gasteiger partial charge in [0.2, 0.25) is 0 Å². The van der Waals surface area contributed by atoms with Gasteiger partial charge >= 0.3 is 5.97 Å². The van der Waals surface area contributed by atoms with Crippen molar-refractivity contribution in [2.45, 2.75) is 71.8 Å². The molecule has 0 spiro atoms. The number of fused-ring (bicyclic) bond motifs is 5. The fraction of sp³-hybridized carbons (Fsp3) is 0.615. The highest BCUT2D eigenvalue weighted by Crippen LogP contribution is 2.66. The summed E-state index contributed by atoms with van der Waals surface area (Å²) in [5.74, 6) is 2.11. The molecule has 4 aliphatic rings. The second-order valence-electron chi connectivity index (χ2n) is 10.8. The Kier molecular flexibility index (Phi) is 4.76. The predicted molar refractivity (Wildman–Crippen MR) is 123 cm³/mol. The maximum atomic E-state index is 11.5. The van der Waals surface area contributed by atoms with Crippen LogP contribution in [0.15, 0.2) is 36.2 Å². The van der Waals surface area contributed by atoms with Crippen LogP contribution in [-0.2, 0) is 9.53 Å². The number of aromatic nitrogens is 1. The first-order chi connectivity index (χ1) is 14.3. The molecule has 5 rings (SSSR count). The number of hydrogen-bond acceptors (Lipinski definition) is 3. The highest BCUT2D eigenvalue weighted by atomic mass is 16.5. The van der Waals surface area contributed by atoms with E-state index in [1.807, 2.05) is 6.20 Å². The molecule has 1 aromatic rings. The summed E-state index contributed by atoms with van der Waals surface area (Å²) >= 11 is 0. The lowest BCUT2D eigenvalue weighted by Gasteiger charge is -2.57. The predicted octanol–water partition coefficient (Wildman–Crippen LogP) is 4.23. The molecule has 0 amide bonds. The third-order valence-corrected chi connectivity index (χ3v) is 9.16. The van der Waals surface area contributed by atoms with Crippen molar-refractivity contribution in [1.82, 2.24) is 4.98 Å². The van der Waals surface area contributed by atoms with Crippen LogP contribution < -0.4 is 5.46 Å². The fourth-order valence-corrected chi connectivity index (χ4v) is 7.68. The van der Waals surface area contributed by atoms with Crippen LogP contribution in [0.3, 0.4) is 0 Å². The van der Waals surface area contributed by atoms with Crippen LogP contribution >= 0.6 is 0 Å². The summed E-state index contributed by atoms with van der Waals surface area (Å²) in [6.07, 6.45) is 17.3. The number of rotatable bonds is 2. The normalized spacial score (nSPS) is 39.8. The molecule has 0 aliphatic heterocycles. The van der Waals surface area contributed by atoms with Gasteiger partial charge in [0.15, 0.2) is 0 Å². The molecule has 1 heterocycles. The van der Waals surface area contributed by atoms with Crippen LogP contribution in [0.1, 0.15) is 71.3 Å². The molecule has 0 radical (unpaired) electrons. The quantitative estimate of drug-likeness (QED) is 0.422. The molecular weight excluding hydrogens is 369 g/mol. The molecule has 6 unspecified atom stereocenters. The monoisotopic (exact) mass is 403 g/mol. The van der Waals surface area contributed by atoms with Crippen molar-refractivity contribution < 1.29 is 9.53 Å². The van der Waals surface area contributed by atoms with E-state index in [1.165, 1.54) is 43.6 Å². The second kappa shape index (κ2) is 7.10. The maximum absolute atomic E-state index is 11.5. The molecule has 4 aliphatic carbocycles. The van der Waals surface area contributed by atoms with Gasteiger partial charge in [0.25, 0.3) is 0 Å². The van der Waals surface area contributed by atoms with Gasteiger partial charge in [0.1, 0.15) is 14.0 Å². The van der Waals surface area contributed by atoms with E-state index in [4.69, 9.17) is 4.74 Å². The van der Waals surface area contributed by atoms with Gasteiger partial charge in [-0.15, -0.1) is 0 Å². The molecule has 0 aromatic carbocycles. The number of nitrogens with zero attached hydrogens (tertiary/aromatic N) is 1. The van der Waals surface area contributed by atoms with Crippen molar-refractivity contribution in [3.63, 3.8) is 0 Å². The summed E-state index contributed by atoms with van der Waals surface area (Å²) in [6.45, 7) is 6.57. The lowest BCUT2D eigenvalue weighted by molar-refractivity contribution is -0.148. The van der Waals surface area contributed by atoms with Crippen molar-refractivity contribution in [3.8, 4) is 0 Å². The summed E-state index contributed by atoms with van der Waals surface area (Å²) in [7, 11) is 2.14. The SMILES string of the molecule is Bc1cncc(C2=CCC3C4CC=C5CC(OC(C)=O)CCC5(C)C4CCC23C)c1. The van der Waals surface area contributed by atoms with E-state index in [0.29, 0.717) is 0 Å². The van der Waals surface area contributed by atoms with Crippen LogP contribution in [0.4, 0.5) is 0 Å². The maximum Gasteiger partial charge on any atom is 0.302 e. The number of carbonyl (C=O) groups excluding carboxylic acids is 1. The van der Waals surface area contributed by atoms with E-state index in [2.05, 4.69) is 51.1 Å². The number of carbonyl (C=O) groups is 1. The van der Waals surface area contributed by atoms with Crippen molar-refractivity contribution in [3.05, 3.63) is 41.7 Å². The minimum atomic E-state index is -0.137. The first-order valence-electron chi connectivity index (χ1n) is 11.8. The number of hydrogen-bond donors (Lipinski definition) is 0. The van der Waals surface area contributed by atoms with Gasteiger partial charge in [-0.1, -0.05) is 43.1 Å². The molecule has 1 aromatic heterocycles. The zero-order chi connectivity index (χ0) is 21.1. The second-order valence-corrected chi connectivity index (χ2v) is 10.8. The molecule has 0 saturated heterocycles. The molecule has 4 heteroatoms. The largest absolute Gasteiger partial charge is 0.462 e. The van der Waals surface area contributed by atoms with E-state index >= 15 is 0 Å². The third-order valence-electron chi connectivity index (χ3n) is 9.16. The first-order valence-corrected chi connectivity index (χ1v) is 11.8. The molecule has 0 bridgehead atoms. The summed E-state index contributed by atoms with van der Waals surface area (Å²) in [4.78, 5) is 15.9. The summed E-state index contributed by atoms with van der Waals surface area (Å²) in [6, 6.07) is 2.31. The van der Waals surface area contributed by atoms with E-state index in [-0.39, 0.29) is 22.9 Å². The minimum absolute atomic E-state index is 0.0841. The van der Waals surface area contributed by atoms with Gasteiger partial charge in [-0.2, -0.15) is 0 Å². The zero-order valence-electron chi connectivity index (χ0n) is 18.9. The van der Waals surface area contributed by atoms with Crippen molar-refractivity contribution in [2.24, 2.45) is 28.6 Å². The average Bonchev–Trinajstić information content (AvgIpc) is 3.05. The zero-order valence-corrected chi connectivity index (χ0v) is 18.9. The molecule has 158 valence electrons. The van der Waals surface area contributed by atoms with E-state index < -0.39 is 0 Å². The van der Waals surface area contributed by atoms with Gasteiger partial charge in [-0.05, 0) is 78.2 Å². The van der Waals surface area contributed by atoms with E-state index in [9.17, 15) is 4.79 Å². The van der Waals surface area contributed by atoms with Crippen molar-refractivity contribution >= 4 is 24.9 Å². The van der Waals surface area contributed by atoms with E-state index in [1.54, 1.807) is 11.1 Å². The standard InChI is InChI=1S/C26H34BNO2/c1-16(29)30-20-8-10-25(2)18(13-20)4-5-21-23-7-6-22(17-12-19(27)15-28-14-17)26(23,3)11-9-24(21)25/h4,6,12,14-15,20-21,23-24H,5,7-11,13,27H2,1-3H3. The Morgan fingerprint density at radius 1 is 1.10 bits per heavy atom. The Morgan fingerprint density at radius 3 is 2.67 bits per heavy atom. The van der Waals surface area contributed by atoms with Crippen molar-refractivity contribution in [1.29, 1.82) is 0 Å². The van der Waals surface area contributed by atoms with E-state index in [0.717, 1.165) is 37.0 Å². The van der Waals surface area contributed by atoms with Crippen LogP contribution in [-0.4, -0.2) is 24.9 Å². The van der Waals surface area contributed by atoms with Gasteiger partial charge in [0.05, 0.1) is 0 Å². The van der Waals surface area contributed by atoms with Crippen molar-refractivity contribution in [2.75, 3.05) is 0 Å². The number of pyridine rings is 1. The van der Waals surface area contributed by atoms with Gasteiger partial charge < -0.3 is 4.74 Å². The number of esters is 1. The van der Waals surface area contributed by atoms with Gasteiger partial charge in [0, 0.05) is 25.7 Å². The first kappa shape index (κ1) is 20.1. The minimum Gasteiger partial charge on any atom is -0.462 e. The topological polar surface area (TPSA) is 39.2 Å². The smallest absolute Gasteiger partial charge is 0.302 e. The third kappa shape index (κ3) is 3.01. The van der Waals surface area contributed by atoms with Gasteiger partial charge in [-0.3, -0.25) is 9.78 Å². The Morgan fingerprint density at radius 2 is 1.90 bits per heavy atom. The number of allylic oxidation sites excluding steroid dienone is 3. The fourth-order valence-electron chi connectivity index (χ4n) is 7.68. The summed E-state index contributed by atoms with van der Waals surface area (Å²) in [5, 5.41) is 0. The highest BCUT2D eigenvalue weighted by Gasteiger charge is 2.57. The molecular formula is C26H34BNO2. The molecule has 30 heavy (non-hydrogen) atoms. The highest BCUT2D eigenvalue weighted by molar-refractivity contribution is 6.32. The summed E-state index contributed by atoms with van der Waals surface area (Å²) < 4.78 is 5.59. The number of ether oxygens (including phenoxy) is 1. The molecule has 6 atom stereocenters. The van der Waals surface area contributed by atoms with Crippen LogP contribution in [0, 0.1) is 28.6 Å². The Labute approximate surface area is 181 Å². The molecule has 2 fully saturated rings. The Balaban J connectivity index is 1.41. The molecule has 2 saturated carbocycles. The Hall–Kier alpha value is -1.84. The molecule has 3 nitrogen and oxygen atoms in total. The van der Waals surface area contributed by atoms with Crippen LogP contribution in [0.5, 0.6) is 0 Å². The van der Waals surface area contributed by atoms with Crippen LogP contribution in [0.25, 0.3) is 5.57 Å². The average molecular weight is 403 g/mol. The Bertz CT molecular complexity index is 937.